The first-order valence-electron chi connectivity index (χ1n) is 10.6. The van der Waals surface area contributed by atoms with Crippen LogP contribution in [-0.2, 0) is 6.54 Å². The van der Waals surface area contributed by atoms with Gasteiger partial charge in [-0.1, -0.05) is 31.4 Å². The first kappa shape index (κ1) is 20.4. The number of H-pyrrole nitrogens is 1. The number of anilines is 3. The number of pyridine rings is 2. The maximum Gasteiger partial charge on any atom is 0.244 e. The normalized spacial score (nSPS) is 15.7. The molecule has 2 heterocycles. The topological polar surface area (TPSA) is 101 Å². The molecule has 0 amide bonds. The molecule has 4 rings (SSSR count). The number of hydrazine groups is 1. The van der Waals surface area contributed by atoms with E-state index in [1.165, 1.54) is 6.42 Å². The number of nitrogens with zero attached hydrogens (tertiary/aromatic N) is 2. The van der Waals surface area contributed by atoms with Crippen LogP contribution >= 0.6 is 0 Å². The van der Waals surface area contributed by atoms with Crippen molar-refractivity contribution in [1.29, 1.82) is 0 Å². The highest BCUT2D eigenvalue weighted by atomic mass is 16.3. The maximum absolute atomic E-state index is 10.8. The van der Waals surface area contributed by atoms with Crippen LogP contribution in [0.3, 0.4) is 0 Å². The van der Waals surface area contributed by atoms with Gasteiger partial charge in [0.05, 0.1) is 24.2 Å². The second-order valence-corrected chi connectivity index (χ2v) is 8.27. The zero-order valence-electron chi connectivity index (χ0n) is 17.5. The Balaban J connectivity index is 1.47. The van der Waals surface area contributed by atoms with Gasteiger partial charge in [0.1, 0.15) is 5.69 Å². The summed E-state index contributed by atoms with van der Waals surface area (Å²) in [5, 5.41) is 20.3. The van der Waals surface area contributed by atoms with E-state index in [-0.39, 0.29) is 0 Å². The summed E-state index contributed by atoms with van der Waals surface area (Å²) in [7, 11) is 1.81. The quantitative estimate of drug-likeness (QED) is 0.355. The summed E-state index contributed by atoms with van der Waals surface area (Å²) in [5.41, 5.74) is 2.38. The molecule has 6 N–H and O–H groups in total. The number of benzene rings is 1. The Morgan fingerprint density at radius 2 is 1.97 bits per heavy atom. The van der Waals surface area contributed by atoms with E-state index < -0.39 is 5.60 Å². The molecule has 0 bridgehead atoms. The Labute approximate surface area is 177 Å². The van der Waals surface area contributed by atoms with Crippen molar-refractivity contribution in [3.05, 3.63) is 54.2 Å². The first-order valence-corrected chi connectivity index (χ1v) is 10.6. The highest BCUT2D eigenvalue weighted by molar-refractivity contribution is 5.79. The lowest BCUT2D eigenvalue weighted by Crippen LogP contribution is -2.40. The molecule has 1 aliphatic rings. The Hall–Kier alpha value is -2.90. The molecule has 1 saturated carbocycles. The molecule has 7 heteroatoms. The molecule has 1 aliphatic carbocycles. The van der Waals surface area contributed by atoms with Crippen LogP contribution in [0, 0.1) is 0 Å². The highest BCUT2D eigenvalue weighted by Gasteiger charge is 2.30. The Morgan fingerprint density at radius 3 is 2.77 bits per heavy atom. The fraction of sp³-hybridized carbons (Fsp3) is 0.391. The van der Waals surface area contributed by atoms with E-state index in [0.717, 1.165) is 59.5 Å². The van der Waals surface area contributed by atoms with Crippen molar-refractivity contribution < 1.29 is 10.1 Å². The summed E-state index contributed by atoms with van der Waals surface area (Å²) < 4.78 is 0. The third kappa shape index (κ3) is 4.80. The van der Waals surface area contributed by atoms with E-state index in [1.54, 1.807) is 11.2 Å². The molecule has 0 radical (unpaired) electrons. The van der Waals surface area contributed by atoms with Gasteiger partial charge in [0.2, 0.25) is 11.6 Å². The lowest BCUT2D eigenvalue weighted by Gasteiger charge is -2.30. The van der Waals surface area contributed by atoms with Gasteiger partial charge >= 0.3 is 0 Å². The summed E-state index contributed by atoms with van der Waals surface area (Å²) in [6.07, 6.45) is 6.91. The van der Waals surface area contributed by atoms with Crippen LogP contribution in [0.1, 0.15) is 37.7 Å². The molecule has 30 heavy (non-hydrogen) atoms. The van der Waals surface area contributed by atoms with Gasteiger partial charge in [-0.2, -0.15) is 0 Å². The highest BCUT2D eigenvalue weighted by Crippen LogP contribution is 2.28. The number of rotatable bonds is 7. The number of aliphatic hydroxyl groups is 1. The number of hydrogen-bond acceptors (Lipinski definition) is 6. The fourth-order valence-electron chi connectivity index (χ4n) is 4.09. The number of aromatic nitrogens is 2. The van der Waals surface area contributed by atoms with Crippen LogP contribution in [0.2, 0.25) is 0 Å². The average molecular weight is 408 g/mol. The molecule has 0 aliphatic heterocycles. The fourth-order valence-corrected chi connectivity index (χ4v) is 4.09. The van der Waals surface area contributed by atoms with Crippen molar-refractivity contribution >= 4 is 28.2 Å². The molecular formula is C23H31N6O+. The maximum atomic E-state index is 10.8. The van der Waals surface area contributed by atoms with Crippen molar-refractivity contribution in [3.8, 4) is 0 Å². The smallest absolute Gasteiger partial charge is 0.244 e. The van der Waals surface area contributed by atoms with Crippen molar-refractivity contribution in [2.24, 2.45) is 5.84 Å². The van der Waals surface area contributed by atoms with Gasteiger partial charge in [0.15, 0.2) is 0 Å². The molecule has 2 aromatic heterocycles. The average Bonchev–Trinajstić information content (AvgIpc) is 2.76. The van der Waals surface area contributed by atoms with E-state index in [1.807, 2.05) is 31.3 Å². The standard InChI is InChI=1S/C23H30N6O/c1-29(24)20-9-10-21(27-16-23(30)11-3-2-4-12-23)28-22(20)26-15-17-7-8-19-18(14-17)6-5-13-25-19/h5-10,13-14,30H,2-4,11-12,15-16,24H2,1H3,(H2,26,27,28)/p+1. The SMILES string of the molecule is CN(N)c1ccc(NCC2(O)CCCCC2)[nH+]c1NCc1ccc2ncccc2c1. The lowest BCUT2D eigenvalue weighted by molar-refractivity contribution is -0.343. The minimum Gasteiger partial charge on any atom is -0.387 e. The molecule has 0 unspecified atom stereocenters. The summed E-state index contributed by atoms with van der Waals surface area (Å²) >= 11 is 0. The van der Waals surface area contributed by atoms with E-state index >= 15 is 0 Å². The number of aromatic amines is 1. The number of nitrogens with one attached hydrogen (secondary N) is 3. The summed E-state index contributed by atoms with van der Waals surface area (Å²) in [4.78, 5) is 7.77. The van der Waals surface area contributed by atoms with Crippen LogP contribution in [0.15, 0.2) is 48.7 Å². The molecule has 3 aromatic rings. The van der Waals surface area contributed by atoms with Gasteiger partial charge in [0.25, 0.3) is 0 Å². The summed E-state index contributed by atoms with van der Waals surface area (Å²) in [6, 6.07) is 14.2. The summed E-state index contributed by atoms with van der Waals surface area (Å²) in [5.74, 6) is 7.70. The second-order valence-electron chi connectivity index (χ2n) is 8.27. The third-order valence-electron chi connectivity index (χ3n) is 5.83. The van der Waals surface area contributed by atoms with Crippen molar-refractivity contribution in [1.82, 2.24) is 4.98 Å². The van der Waals surface area contributed by atoms with Crippen molar-refractivity contribution in [2.45, 2.75) is 44.2 Å². The molecule has 0 spiro atoms. The number of fused-ring (bicyclic) bond motifs is 1. The molecule has 7 nitrogen and oxygen atoms in total. The third-order valence-corrected chi connectivity index (χ3v) is 5.83. The lowest BCUT2D eigenvalue weighted by atomic mass is 9.85. The van der Waals surface area contributed by atoms with Crippen molar-refractivity contribution in [3.63, 3.8) is 0 Å². The monoisotopic (exact) mass is 407 g/mol. The van der Waals surface area contributed by atoms with Crippen LogP contribution < -0.4 is 26.5 Å². The van der Waals surface area contributed by atoms with Gasteiger partial charge < -0.3 is 15.4 Å². The van der Waals surface area contributed by atoms with E-state index in [4.69, 9.17) is 5.84 Å². The van der Waals surface area contributed by atoms with E-state index in [2.05, 4.69) is 38.8 Å². The minimum absolute atomic E-state index is 0.540. The van der Waals surface area contributed by atoms with Crippen LogP contribution in [-0.4, -0.2) is 29.3 Å². The molecule has 1 fully saturated rings. The van der Waals surface area contributed by atoms with Gasteiger partial charge in [-0.25, -0.2) is 10.8 Å². The zero-order valence-corrected chi connectivity index (χ0v) is 17.5. The summed E-state index contributed by atoms with van der Waals surface area (Å²) in [6.45, 7) is 1.19. The van der Waals surface area contributed by atoms with Gasteiger partial charge in [-0.15, -0.1) is 0 Å². The Morgan fingerprint density at radius 1 is 1.13 bits per heavy atom. The van der Waals surface area contributed by atoms with Crippen molar-refractivity contribution in [2.75, 3.05) is 29.2 Å². The number of nitrogens with two attached hydrogens (primary N) is 1. The molecule has 158 valence electrons. The first-order chi connectivity index (χ1) is 14.5. The predicted octanol–water partition coefficient (Wildman–Crippen LogP) is 3.08. The minimum atomic E-state index is -0.623. The largest absolute Gasteiger partial charge is 0.387 e. The zero-order chi connectivity index (χ0) is 21.0. The van der Waals surface area contributed by atoms with Gasteiger partial charge in [-0.05, 0) is 42.7 Å². The van der Waals surface area contributed by atoms with E-state index in [0.29, 0.717) is 13.1 Å². The molecule has 0 atom stereocenters. The Kier molecular flexibility index (Phi) is 6.01. The van der Waals surface area contributed by atoms with Gasteiger partial charge in [0, 0.05) is 24.7 Å². The number of hydrogen-bond donors (Lipinski definition) is 4. The Bertz CT molecular complexity index is 1000. The van der Waals surface area contributed by atoms with Crippen LogP contribution in [0.5, 0.6) is 0 Å². The molecule has 0 saturated heterocycles. The molecular weight excluding hydrogens is 376 g/mol. The second kappa shape index (κ2) is 8.85. The van der Waals surface area contributed by atoms with Crippen LogP contribution in [0.4, 0.5) is 17.3 Å². The molecule has 1 aromatic carbocycles. The predicted molar refractivity (Wildman–Crippen MR) is 121 cm³/mol. The van der Waals surface area contributed by atoms with E-state index in [9.17, 15) is 5.11 Å². The van der Waals surface area contributed by atoms with Crippen LogP contribution in [0.25, 0.3) is 10.9 Å². The van der Waals surface area contributed by atoms with Gasteiger partial charge in [-0.3, -0.25) is 10.3 Å².